The Balaban J connectivity index is 1.74. The van der Waals surface area contributed by atoms with E-state index in [0.717, 1.165) is 6.20 Å². The van der Waals surface area contributed by atoms with Gasteiger partial charge in [0.1, 0.15) is 12.4 Å². The van der Waals surface area contributed by atoms with Crippen molar-refractivity contribution in [3.8, 4) is 11.1 Å². The van der Waals surface area contributed by atoms with Gasteiger partial charge in [-0.1, -0.05) is 30.4 Å². The van der Waals surface area contributed by atoms with Crippen LogP contribution in [0.3, 0.4) is 0 Å². The third kappa shape index (κ3) is 6.50. The summed E-state index contributed by atoms with van der Waals surface area (Å²) >= 11 is 0. The predicted octanol–water partition coefficient (Wildman–Crippen LogP) is 2.32. The molecule has 0 amide bonds. The summed E-state index contributed by atoms with van der Waals surface area (Å²) in [6.45, 7) is -1.37. The van der Waals surface area contributed by atoms with Gasteiger partial charge in [0.25, 0.3) is 5.92 Å². The number of pyridine rings is 1. The number of rotatable bonds is 7. The summed E-state index contributed by atoms with van der Waals surface area (Å²) in [7, 11) is 0. The van der Waals surface area contributed by atoms with Crippen molar-refractivity contribution in [2.24, 2.45) is 4.99 Å². The number of aromatic amines is 1. The highest BCUT2D eigenvalue weighted by Crippen LogP contribution is 2.26. The molecule has 1 aliphatic rings. The van der Waals surface area contributed by atoms with Crippen LogP contribution in [0.2, 0.25) is 0 Å². The summed E-state index contributed by atoms with van der Waals surface area (Å²) in [6, 6.07) is 0. The standard InChI is InChI=1S/C22H22F3N5O2/c23-19-13-26-10-16(21(19)17-11-27-28-12-17)6-7-20(32)29-18-4-1-2-8-30(9-3-5-18)14-22(24,25)15-31/h1-7,10-13,31H,8-9,14-15H2,(H,27,28)(H,29,32)/p-1/b2-1+,5-3+,7-6+,18-4+. The highest BCUT2D eigenvalue weighted by Gasteiger charge is 2.30. The van der Waals surface area contributed by atoms with Crippen LogP contribution in [0.15, 0.2) is 71.9 Å². The molecule has 0 fully saturated rings. The fraction of sp³-hybridized carbons (Fsp3) is 0.227. The van der Waals surface area contributed by atoms with Crippen LogP contribution in [0.4, 0.5) is 13.2 Å². The van der Waals surface area contributed by atoms with Crippen LogP contribution in [0.1, 0.15) is 5.56 Å². The van der Waals surface area contributed by atoms with E-state index in [4.69, 9.17) is 5.11 Å². The van der Waals surface area contributed by atoms with Gasteiger partial charge in [-0.05, 0) is 18.0 Å². The number of aliphatic hydroxyl groups excluding tert-OH is 1. The highest BCUT2D eigenvalue weighted by molar-refractivity contribution is 5.91. The monoisotopic (exact) mass is 444 g/mol. The molecule has 10 heteroatoms. The molecule has 7 nitrogen and oxygen atoms in total. The minimum atomic E-state index is -3.20. The van der Waals surface area contributed by atoms with E-state index in [2.05, 4.69) is 20.2 Å². The van der Waals surface area contributed by atoms with E-state index in [1.54, 1.807) is 30.4 Å². The van der Waals surface area contributed by atoms with E-state index in [0.29, 0.717) is 16.8 Å². The molecule has 0 unspecified atom stereocenters. The van der Waals surface area contributed by atoms with E-state index in [-0.39, 0.29) is 18.7 Å². The van der Waals surface area contributed by atoms with Gasteiger partial charge in [0.05, 0.1) is 24.6 Å². The van der Waals surface area contributed by atoms with Gasteiger partial charge in [-0.2, -0.15) is 5.10 Å². The number of halogens is 3. The van der Waals surface area contributed by atoms with E-state index in [9.17, 15) is 18.3 Å². The van der Waals surface area contributed by atoms with Crippen molar-refractivity contribution in [1.29, 1.82) is 0 Å². The van der Waals surface area contributed by atoms with Gasteiger partial charge in [0.15, 0.2) is 0 Å². The van der Waals surface area contributed by atoms with E-state index < -0.39 is 30.8 Å². The molecule has 0 aliphatic carbocycles. The fourth-order valence-corrected chi connectivity index (χ4v) is 3.00. The van der Waals surface area contributed by atoms with Gasteiger partial charge in [-0.25, -0.2) is 13.2 Å². The zero-order chi connectivity index (χ0) is 23.0. The first-order chi connectivity index (χ1) is 15.4. The second kappa shape index (κ2) is 10.7. The number of hydrogen-bond donors (Lipinski definition) is 2. The van der Waals surface area contributed by atoms with Crippen molar-refractivity contribution in [3.05, 3.63) is 78.3 Å². The van der Waals surface area contributed by atoms with Crippen molar-refractivity contribution in [3.63, 3.8) is 0 Å². The first-order valence-corrected chi connectivity index (χ1v) is 9.69. The first kappa shape index (κ1) is 23.2. The molecule has 0 atom stereocenters. The van der Waals surface area contributed by atoms with Crippen molar-refractivity contribution in [1.82, 2.24) is 20.1 Å². The Morgan fingerprint density at radius 1 is 1.28 bits per heavy atom. The summed E-state index contributed by atoms with van der Waals surface area (Å²) in [5.74, 6) is -4.33. The van der Waals surface area contributed by atoms with E-state index in [1.165, 1.54) is 35.6 Å². The number of aliphatic imine (C=N–C) groups is 1. The summed E-state index contributed by atoms with van der Waals surface area (Å²) in [5.41, 5.74) is 1.48. The molecule has 168 valence electrons. The van der Waals surface area contributed by atoms with Crippen LogP contribution < -0.4 is 5.11 Å². The van der Waals surface area contributed by atoms with Gasteiger partial charge in [-0.15, -0.1) is 0 Å². The lowest BCUT2D eigenvalue weighted by Gasteiger charge is -2.23. The van der Waals surface area contributed by atoms with Gasteiger partial charge in [-0.3, -0.25) is 20.0 Å². The maximum absolute atomic E-state index is 14.3. The van der Waals surface area contributed by atoms with Crippen LogP contribution in [-0.4, -0.2) is 63.2 Å². The molecule has 32 heavy (non-hydrogen) atoms. The highest BCUT2D eigenvalue weighted by atomic mass is 19.3. The molecule has 2 aromatic rings. The number of hydrogen-bond acceptors (Lipinski definition) is 6. The SMILES string of the molecule is [O-]C(\C=C\c1cncc(F)c1-c1cn[nH]c1)=N/C1=C/C=C/CN(CC(F)(F)CO)C\C=C\1. The maximum Gasteiger partial charge on any atom is 0.283 e. The summed E-state index contributed by atoms with van der Waals surface area (Å²) in [4.78, 5) is 9.25. The second-order valence-electron chi connectivity index (χ2n) is 6.99. The molecule has 0 aromatic carbocycles. The van der Waals surface area contributed by atoms with E-state index >= 15 is 0 Å². The normalized spacial score (nSPS) is 19.8. The molecule has 2 aromatic heterocycles. The summed E-state index contributed by atoms with van der Waals surface area (Å²) in [6.07, 6.45) is 16.1. The Bertz CT molecular complexity index is 1060. The number of aromatic nitrogens is 3. The molecule has 1 aliphatic heterocycles. The van der Waals surface area contributed by atoms with Crippen molar-refractivity contribution in [2.45, 2.75) is 5.92 Å². The first-order valence-electron chi connectivity index (χ1n) is 9.69. The van der Waals surface area contributed by atoms with Crippen molar-refractivity contribution < 1.29 is 23.4 Å². The molecule has 3 rings (SSSR count). The van der Waals surface area contributed by atoms with Crippen molar-refractivity contribution in [2.75, 3.05) is 26.2 Å². The van der Waals surface area contributed by atoms with Crippen LogP contribution in [0.5, 0.6) is 0 Å². The molecule has 0 spiro atoms. The minimum absolute atomic E-state index is 0.194. The third-order valence-corrected chi connectivity index (χ3v) is 4.47. The molecular formula is C22H21F3N5O2-. The number of allylic oxidation sites excluding steroid dienone is 3. The minimum Gasteiger partial charge on any atom is -0.859 e. The number of nitrogens with zero attached hydrogens (tertiary/aromatic N) is 4. The lowest BCUT2D eigenvalue weighted by Crippen LogP contribution is -2.39. The Kier molecular flexibility index (Phi) is 7.74. The smallest absolute Gasteiger partial charge is 0.283 e. The number of nitrogens with one attached hydrogen (secondary N) is 1. The molecule has 2 N–H and O–H groups in total. The summed E-state index contributed by atoms with van der Waals surface area (Å²) < 4.78 is 41.1. The van der Waals surface area contributed by atoms with Crippen LogP contribution >= 0.6 is 0 Å². The molecule has 0 saturated heterocycles. The van der Waals surface area contributed by atoms with Gasteiger partial charge >= 0.3 is 0 Å². The second-order valence-corrected chi connectivity index (χ2v) is 6.99. The zero-order valence-electron chi connectivity index (χ0n) is 17.0. The van der Waals surface area contributed by atoms with E-state index in [1.807, 2.05) is 0 Å². The fourth-order valence-electron chi connectivity index (χ4n) is 3.00. The van der Waals surface area contributed by atoms with Gasteiger partial charge in [0.2, 0.25) is 0 Å². The predicted molar refractivity (Wildman–Crippen MR) is 113 cm³/mol. The Morgan fingerprint density at radius 3 is 2.84 bits per heavy atom. The maximum atomic E-state index is 14.3. The summed E-state index contributed by atoms with van der Waals surface area (Å²) in [5, 5.41) is 27.5. The lowest BCUT2D eigenvalue weighted by molar-refractivity contribution is -0.211. The van der Waals surface area contributed by atoms with Crippen LogP contribution in [0.25, 0.3) is 17.2 Å². The molecule has 0 bridgehead atoms. The molecule has 3 heterocycles. The Hall–Kier alpha value is -3.50. The molecule has 0 saturated carbocycles. The Morgan fingerprint density at radius 2 is 2.09 bits per heavy atom. The van der Waals surface area contributed by atoms with Crippen LogP contribution in [0, 0.1) is 5.82 Å². The van der Waals surface area contributed by atoms with Crippen LogP contribution in [-0.2, 0) is 0 Å². The third-order valence-electron chi connectivity index (χ3n) is 4.47. The Labute approximate surface area is 182 Å². The largest absolute Gasteiger partial charge is 0.859 e. The molecule has 0 radical (unpaired) electrons. The quantitative estimate of drug-likeness (QED) is 0.504. The van der Waals surface area contributed by atoms with Crippen molar-refractivity contribution >= 4 is 12.0 Å². The average Bonchev–Trinajstić information content (AvgIpc) is 3.31. The molecular weight excluding hydrogens is 423 g/mol. The zero-order valence-corrected chi connectivity index (χ0v) is 17.0. The van der Waals surface area contributed by atoms with Gasteiger partial charge in [0, 0.05) is 42.2 Å². The lowest BCUT2D eigenvalue weighted by atomic mass is 10.0. The number of alkyl halides is 2. The topological polar surface area (TPSA) is 100 Å². The number of aliphatic hydroxyl groups is 1. The average molecular weight is 444 g/mol. The van der Waals surface area contributed by atoms with Gasteiger partial charge < -0.3 is 10.2 Å². The number of H-pyrrole nitrogens is 1.